The maximum absolute atomic E-state index is 11.7. The van der Waals surface area contributed by atoms with Crippen LogP contribution in [0.25, 0.3) is 0 Å². The number of carbonyl (C=O) groups is 1. The predicted octanol–water partition coefficient (Wildman–Crippen LogP) is 2.47. The van der Waals surface area contributed by atoms with Crippen molar-refractivity contribution < 1.29 is 4.79 Å². The van der Waals surface area contributed by atoms with Crippen molar-refractivity contribution >= 4 is 50.6 Å². The molecule has 2 heterocycles. The van der Waals surface area contributed by atoms with Crippen LogP contribution in [0.4, 0.5) is 10.3 Å². The number of amides is 1. The average Bonchev–Trinajstić information content (AvgIpc) is 2.97. The lowest BCUT2D eigenvalue weighted by atomic mass is 10.6. The van der Waals surface area contributed by atoms with Crippen molar-refractivity contribution in [2.75, 3.05) is 22.9 Å². The largest absolute Gasteiger partial charge is 0.360 e. The number of thioether (sulfide) groups is 1. The number of hydrogen-bond acceptors (Lipinski definition) is 8. The minimum Gasteiger partial charge on any atom is -0.360 e. The number of nitrogens with zero attached hydrogens (tertiary/aromatic N) is 3. The zero-order valence-corrected chi connectivity index (χ0v) is 12.9. The number of aromatic nitrogens is 3. The third-order valence-corrected chi connectivity index (χ3v) is 4.82. The minimum absolute atomic E-state index is 0.0837. The molecule has 102 valence electrons. The van der Waals surface area contributed by atoms with E-state index >= 15 is 0 Å². The van der Waals surface area contributed by atoms with Crippen molar-refractivity contribution in [1.29, 1.82) is 0 Å². The Labute approximate surface area is 123 Å². The zero-order valence-electron chi connectivity index (χ0n) is 10.5. The molecule has 0 atom stereocenters. The molecule has 0 radical (unpaired) electrons. The molecule has 0 aliphatic carbocycles. The highest BCUT2D eigenvalue weighted by molar-refractivity contribution is 8.01. The van der Waals surface area contributed by atoms with Gasteiger partial charge in [0.05, 0.1) is 11.4 Å². The van der Waals surface area contributed by atoms with E-state index in [0.29, 0.717) is 10.9 Å². The van der Waals surface area contributed by atoms with Gasteiger partial charge in [0.15, 0.2) is 9.47 Å². The lowest BCUT2D eigenvalue weighted by Crippen LogP contribution is -2.13. The van der Waals surface area contributed by atoms with E-state index in [-0.39, 0.29) is 5.91 Å². The number of rotatable bonds is 6. The Hall–Kier alpha value is -1.19. The molecule has 0 spiro atoms. The van der Waals surface area contributed by atoms with Crippen LogP contribution in [0.3, 0.4) is 0 Å². The topological polar surface area (TPSA) is 79.8 Å². The molecule has 0 saturated heterocycles. The van der Waals surface area contributed by atoms with Gasteiger partial charge in [-0.3, -0.25) is 4.79 Å². The third-order valence-electron chi connectivity index (χ3n) is 1.93. The van der Waals surface area contributed by atoms with Crippen LogP contribution in [0.15, 0.2) is 9.72 Å². The summed E-state index contributed by atoms with van der Waals surface area (Å²) < 4.78 is 0.779. The summed E-state index contributed by atoms with van der Waals surface area (Å²) in [5, 5.41) is 17.1. The molecule has 2 aromatic heterocycles. The second-order valence-corrected chi connectivity index (χ2v) is 6.59. The predicted molar refractivity (Wildman–Crippen MR) is 80.3 cm³/mol. The summed E-state index contributed by atoms with van der Waals surface area (Å²) in [6.07, 6.45) is 0. The molecule has 6 nitrogen and oxygen atoms in total. The summed E-state index contributed by atoms with van der Waals surface area (Å²) >= 11 is 4.24. The highest BCUT2D eigenvalue weighted by Crippen LogP contribution is 2.25. The molecule has 19 heavy (non-hydrogen) atoms. The fourth-order valence-electron chi connectivity index (χ4n) is 1.18. The van der Waals surface area contributed by atoms with Crippen LogP contribution < -0.4 is 10.6 Å². The summed E-state index contributed by atoms with van der Waals surface area (Å²) in [6, 6.07) is 0. The van der Waals surface area contributed by atoms with Crippen LogP contribution in [0.2, 0.25) is 0 Å². The first kappa shape index (κ1) is 14.2. The summed E-state index contributed by atoms with van der Waals surface area (Å²) in [6.45, 7) is 4.70. The van der Waals surface area contributed by atoms with Crippen molar-refractivity contribution in [3.8, 4) is 0 Å². The van der Waals surface area contributed by atoms with Gasteiger partial charge < -0.3 is 10.6 Å². The fourth-order valence-corrected chi connectivity index (χ4v) is 3.51. The van der Waals surface area contributed by atoms with Gasteiger partial charge in [-0.25, -0.2) is 4.98 Å². The van der Waals surface area contributed by atoms with Gasteiger partial charge in [-0.05, 0) is 13.8 Å². The van der Waals surface area contributed by atoms with Crippen LogP contribution in [-0.2, 0) is 4.79 Å². The minimum atomic E-state index is -0.0837. The molecule has 0 aromatic carbocycles. The molecule has 0 saturated carbocycles. The van der Waals surface area contributed by atoms with E-state index in [0.717, 1.165) is 21.7 Å². The Balaban J connectivity index is 1.79. The van der Waals surface area contributed by atoms with Gasteiger partial charge in [0.1, 0.15) is 0 Å². The van der Waals surface area contributed by atoms with E-state index in [1.807, 2.05) is 19.2 Å². The molecule has 0 bridgehead atoms. The number of thiazole rings is 1. The van der Waals surface area contributed by atoms with E-state index in [2.05, 4.69) is 25.8 Å². The van der Waals surface area contributed by atoms with Gasteiger partial charge in [0.2, 0.25) is 11.0 Å². The molecule has 2 aromatic rings. The molecule has 9 heteroatoms. The zero-order chi connectivity index (χ0) is 13.7. The molecule has 2 N–H and O–H groups in total. The second-order valence-electron chi connectivity index (χ2n) is 3.53. The number of nitrogens with one attached hydrogen (secondary N) is 2. The summed E-state index contributed by atoms with van der Waals surface area (Å²) in [5.74, 6) is 0.221. The van der Waals surface area contributed by atoms with Crippen molar-refractivity contribution in [3.05, 3.63) is 11.1 Å². The van der Waals surface area contributed by atoms with Crippen LogP contribution in [0.1, 0.15) is 12.6 Å². The molecule has 0 aliphatic rings. The van der Waals surface area contributed by atoms with E-state index in [9.17, 15) is 4.79 Å². The molecule has 0 aliphatic heterocycles. The highest BCUT2D eigenvalue weighted by atomic mass is 32.2. The molecule has 0 fully saturated rings. The van der Waals surface area contributed by atoms with E-state index < -0.39 is 0 Å². The lowest BCUT2D eigenvalue weighted by molar-refractivity contribution is -0.113. The standard InChI is InChI=1S/C10H13N5OS3/c1-3-11-8-14-15-10(19-8)18-5-7(16)13-9-12-6(2)4-17-9/h4H,3,5H2,1-2H3,(H,11,14)(H,12,13,16). The van der Waals surface area contributed by atoms with Crippen LogP contribution in [0, 0.1) is 6.92 Å². The molecular formula is C10H13N5OS3. The van der Waals surface area contributed by atoms with Gasteiger partial charge in [-0.1, -0.05) is 23.1 Å². The Morgan fingerprint density at radius 1 is 1.42 bits per heavy atom. The number of hydrogen-bond donors (Lipinski definition) is 2. The molecule has 2 rings (SSSR count). The quantitative estimate of drug-likeness (QED) is 0.797. The van der Waals surface area contributed by atoms with E-state index in [1.54, 1.807) is 0 Å². The van der Waals surface area contributed by atoms with Crippen molar-refractivity contribution in [2.45, 2.75) is 18.2 Å². The maximum Gasteiger partial charge on any atom is 0.236 e. The smallest absolute Gasteiger partial charge is 0.236 e. The van der Waals surface area contributed by atoms with Gasteiger partial charge in [-0.15, -0.1) is 21.5 Å². The van der Waals surface area contributed by atoms with Crippen LogP contribution in [-0.4, -0.2) is 33.4 Å². The van der Waals surface area contributed by atoms with Crippen molar-refractivity contribution in [3.63, 3.8) is 0 Å². The summed E-state index contributed by atoms with van der Waals surface area (Å²) in [7, 11) is 0. The average molecular weight is 315 g/mol. The monoisotopic (exact) mass is 315 g/mol. The number of carbonyl (C=O) groups excluding carboxylic acids is 1. The first-order valence-electron chi connectivity index (χ1n) is 5.59. The van der Waals surface area contributed by atoms with Crippen LogP contribution in [0.5, 0.6) is 0 Å². The SMILES string of the molecule is CCNc1nnc(SCC(=O)Nc2nc(C)cs2)s1. The third kappa shape index (κ3) is 4.44. The second kappa shape index (κ2) is 6.83. The summed E-state index contributed by atoms with van der Waals surface area (Å²) in [5.41, 5.74) is 0.910. The summed E-state index contributed by atoms with van der Waals surface area (Å²) in [4.78, 5) is 15.9. The molecule has 0 unspecified atom stereocenters. The van der Waals surface area contributed by atoms with Crippen LogP contribution >= 0.6 is 34.4 Å². The normalized spacial score (nSPS) is 10.4. The first-order valence-corrected chi connectivity index (χ1v) is 8.27. The fraction of sp³-hybridized carbons (Fsp3) is 0.400. The lowest BCUT2D eigenvalue weighted by Gasteiger charge is -1.98. The number of anilines is 2. The van der Waals surface area contributed by atoms with Gasteiger partial charge in [0.25, 0.3) is 0 Å². The van der Waals surface area contributed by atoms with Gasteiger partial charge in [0, 0.05) is 11.9 Å². The maximum atomic E-state index is 11.7. The van der Waals surface area contributed by atoms with Gasteiger partial charge >= 0.3 is 0 Å². The molecular weight excluding hydrogens is 302 g/mol. The van der Waals surface area contributed by atoms with Crippen molar-refractivity contribution in [1.82, 2.24) is 15.2 Å². The highest BCUT2D eigenvalue weighted by Gasteiger charge is 2.09. The Morgan fingerprint density at radius 2 is 2.26 bits per heavy atom. The molecule has 1 amide bonds. The van der Waals surface area contributed by atoms with Crippen molar-refractivity contribution in [2.24, 2.45) is 0 Å². The number of aryl methyl sites for hydroxylation is 1. The van der Waals surface area contributed by atoms with E-state index in [1.165, 1.54) is 34.4 Å². The first-order chi connectivity index (χ1) is 9.17. The Kier molecular flexibility index (Phi) is 5.11. The Morgan fingerprint density at radius 3 is 2.95 bits per heavy atom. The van der Waals surface area contributed by atoms with Gasteiger partial charge in [-0.2, -0.15) is 0 Å². The van der Waals surface area contributed by atoms with E-state index in [4.69, 9.17) is 0 Å². The Bertz CT molecular complexity index is 553.